The van der Waals surface area contributed by atoms with Gasteiger partial charge in [-0.3, -0.25) is 4.98 Å². The normalized spacial score (nSPS) is 15.4. The average Bonchev–Trinajstić information content (AvgIpc) is 3.77. The number of hydrogen-bond acceptors (Lipinski definition) is 9. The quantitative estimate of drug-likeness (QED) is 0.0593. The number of benzene rings is 1. The topological polar surface area (TPSA) is 98.9 Å². The molecule has 1 fully saturated rings. The first-order valence-electron chi connectivity index (χ1n) is 17.9. The van der Waals surface area contributed by atoms with Gasteiger partial charge in [-0.15, -0.1) is 11.3 Å². The van der Waals surface area contributed by atoms with Crippen LogP contribution in [0.2, 0.25) is 51.4 Å². The molecule has 0 N–H and O–H groups in total. The molecular formula is C38H51N5O4S2Si2. The van der Waals surface area contributed by atoms with E-state index in [0.717, 1.165) is 56.4 Å². The second-order valence-corrected chi connectivity index (χ2v) is 30.4. The number of hydrogen-bond donors (Lipinski definition) is 0. The first-order chi connectivity index (χ1) is 24.3. The standard InChI is InChI=1S/C38H51N5O4S2Si2/c1-50(2,3)23-18-46-27-42(28-47-19-24-51(4,5)6)38-35(34-13-10-20-48-34)36(30-16-21-49(44,45)22-17-30)41-37-32(26-40-43(37)38)31-14-15-33(39-25-31)29-11-8-7-9-12-29/h7-15,20,25-26,30H,16-19,21-24,27-28H2,1-6H3. The Kier molecular flexibility index (Phi) is 11.6. The molecule has 6 rings (SSSR count). The van der Waals surface area contributed by atoms with Crippen molar-refractivity contribution < 1.29 is 17.9 Å². The number of pyridine rings is 1. The first-order valence-corrected chi connectivity index (χ1v) is 28.0. The van der Waals surface area contributed by atoms with Crippen molar-refractivity contribution >= 4 is 48.8 Å². The highest BCUT2D eigenvalue weighted by molar-refractivity contribution is 7.91. The van der Waals surface area contributed by atoms with Crippen LogP contribution in [0.3, 0.4) is 0 Å². The van der Waals surface area contributed by atoms with Gasteiger partial charge in [0.15, 0.2) is 5.65 Å². The lowest BCUT2D eigenvalue weighted by Crippen LogP contribution is -2.34. The highest BCUT2D eigenvalue weighted by Gasteiger charge is 2.33. The molecule has 0 amide bonds. The molecular weight excluding hydrogens is 711 g/mol. The maximum Gasteiger partial charge on any atom is 0.165 e. The number of sulfone groups is 1. The molecule has 1 aromatic carbocycles. The van der Waals surface area contributed by atoms with Crippen molar-refractivity contribution in [1.29, 1.82) is 0 Å². The maximum atomic E-state index is 12.6. The zero-order chi connectivity index (χ0) is 36.2. The van der Waals surface area contributed by atoms with Crippen LogP contribution in [0, 0.1) is 0 Å². The van der Waals surface area contributed by atoms with Crippen LogP contribution in [0.25, 0.3) is 38.5 Å². The van der Waals surface area contributed by atoms with E-state index in [0.29, 0.717) is 45.2 Å². The molecule has 0 saturated carbocycles. The summed E-state index contributed by atoms with van der Waals surface area (Å²) in [6, 6.07) is 20.5. The van der Waals surface area contributed by atoms with Crippen LogP contribution >= 0.6 is 11.3 Å². The lowest BCUT2D eigenvalue weighted by Gasteiger charge is -2.31. The Bertz CT molecular complexity index is 1970. The maximum absolute atomic E-state index is 12.6. The van der Waals surface area contributed by atoms with Gasteiger partial charge >= 0.3 is 0 Å². The molecule has 0 atom stereocenters. The van der Waals surface area contributed by atoms with E-state index in [1.54, 1.807) is 11.3 Å². The molecule has 0 bridgehead atoms. The Morgan fingerprint density at radius 3 is 2.08 bits per heavy atom. The van der Waals surface area contributed by atoms with Gasteiger partial charge in [0, 0.05) is 63.0 Å². The van der Waals surface area contributed by atoms with E-state index in [-0.39, 0.29) is 17.4 Å². The Morgan fingerprint density at radius 1 is 0.843 bits per heavy atom. The Morgan fingerprint density at radius 2 is 1.51 bits per heavy atom. The molecule has 9 nitrogen and oxygen atoms in total. The van der Waals surface area contributed by atoms with E-state index in [1.807, 2.05) is 41.2 Å². The van der Waals surface area contributed by atoms with Gasteiger partial charge < -0.3 is 14.4 Å². The van der Waals surface area contributed by atoms with Crippen LogP contribution in [0.1, 0.15) is 24.5 Å². The van der Waals surface area contributed by atoms with Crippen molar-refractivity contribution in [3.63, 3.8) is 0 Å². The summed E-state index contributed by atoms with van der Waals surface area (Å²) in [4.78, 5) is 13.4. The zero-order valence-electron chi connectivity index (χ0n) is 30.8. The van der Waals surface area contributed by atoms with Crippen molar-refractivity contribution in [2.75, 3.05) is 43.1 Å². The summed E-state index contributed by atoms with van der Waals surface area (Å²) in [6.45, 7) is 16.1. The molecule has 0 unspecified atom stereocenters. The molecule has 1 aliphatic rings. The Balaban J connectivity index is 1.49. The minimum Gasteiger partial charge on any atom is -0.361 e. The summed E-state index contributed by atoms with van der Waals surface area (Å²) >= 11 is 1.65. The van der Waals surface area contributed by atoms with Crippen molar-refractivity contribution in [2.45, 2.75) is 70.1 Å². The van der Waals surface area contributed by atoms with E-state index < -0.39 is 26.0 Å². The minimum atomic E-state index is -3.08. The predicted octanol–water partition coefficient (Wildman–Crippen LogP) is 8.91. The fourth-order valence-electron chi connectivity index (χ4n) is 6.21. The average molecular weight is 762 g/mol. The molecule has 272 valence electrons. The van der Waals surface area contributed by atoms with Gasteiger partial charge in [0.25, 0.3) is 0 Å². The molecule has 0 radical (unpaired) electrons. The van der Waals surface area contributed by atoms with Crippen LogP contribution in [-0.4, -0.2) is 82.3 Å². The summed E-state index contributed by atoms with van der Waals surface area (Å²) in [5.74, 6) is 1.14. The highest BCUT2D eigenvalue weighted by atomic mass is 32.2. The van der Waals surface area contributed by atoms with E-state index in [2.05, 4.69) is 79.9 Å². The summed E-state index contributed by atoms with van der Waals surface area (Å²) in [5.41, 5.74) is 6.30. The molecule has 1 aliphatic heterocycles. The number of thiophene rings is 1. The van der Waals surface area contributed by atoms with Crippen molar-refractivity contribution in [2.24, 2.45) is 0 Å². The minimum absolute atomic E-state index is 0.0295. The number of fused-ring (bicyclic) bond motifs is 1. The van der Waals surface area contributed by atoms with E-state index in [9.17, 15) is 8.42 Å². The van der Waals surface area contributed by atoms with Crippen LogP contribution < -0.4 is 4.90 Å². The number of anilines is 1. The summed E-state index contributed by atoms with van der Waals surface area (Å²) in [7, 11) is -5.70. The highest BCUT2D eigenvalue weighted by Crippen LogP contribution is 2.44. The van der Waals surface area contributed by atoms with Crippen LogP contribution in [0.4, 0.5) is 5.82 Å². The lowest BCUT2D eigenvalue weighted by atomic mass is 9.93. The molecule has 5 aromatic rings. The third-order valence-electron chi connectivity index (χ3n) is 9.29. The first kappa shape index (κ1) is 37.5. The Hall–Kier alpha value is -3.21. The number of rotatable bonds is 15. The van der Waals surface area contributed by atoms with E-state index >= 15 is 0 Å². The van der Waals surface area contributed by atoms with Gasteiger partial charge in [-0.05, 0) is 42.4 Å². The van der Waals surface area contributed by atoms with Crippen molar-refractivity contribution in [3.05, 3.63) is 78.1 Å². The fraction of sp³-hybridized carbons (Fsp3) is 0.447. The molecule has 0 aliphatic carbocycles. The van der Waals surface area contributed by atoms with Gasteiger partial charge in [0.2, 0.25) is 0 Å². The second kappa shape index (κ2) is 15.8. The van der Waals surface area contributed by atoms with Crippen LogP contribution in [-0.2, 0) is 19.3 Å². The molecule has 1 saturated heterocycles. The van der Waals surface area contributed by atoms with Gasteiger partial charge in [0.1, 0.15) is 29.1 Å². The number of nitrogens with zero attached hydrogens (tertiary/aromatic N) is 5. The largest absolute Gasteiger partial charge is 0.361 e. The molecule has 5 heterocycles. The fourth-order valence-corrected chi connectivity index (χ4v) is 9.98. The van der Waals surface area contributed by atoms with Crippen molar-refractivity contribution in [1.82, 2.24) is 19.6 Å². The smallest absolute Gasteiger partial charge is 0.165 e. The van der Waals surface area contributed by atoms with Gasteiger partial charge in [-0.25, -0.2) is 13.4 Å². The molecule has 0 spiro atoms. The summed E-state index contributed by atoms with van der Waals surface area (Å²) < 4.78 is 40.1. The summed E-state index contributed by atoms with van der Waals surface area (Å²) in [5, 5.41) is 7.08. The zero-order valence-corrected chi connectivity index (χ0v) is 34.4. The Labute approximate surface area is 309 Å². The molecule has 13 heteroatoms. The van der Waals surface area contributed by atoms with Gasteiger partial charge in [-0.2, -0.15) is 9.61 Å². The SMILES string of the molecule is C[Si](C)(C)CCOCN(COCC[Si](C)(C)C)c1c(-c2cccs2)c(C2CCS(=O)(=O)CC2)nc2c(-c3ccc(-c4ccccc4)nc3)cnn12. The molecule has 4 aromatic heterocycles. The van der Waals surface area contributed by atoms with Crippen LogP contribution in [0.15, 0.2) is 72.4 Å². The summed E-state index contributed by atoms with van der Waals surface area (Å²) in [6.07, 6.45) is 4.81. The number of ether oxygens (including phenoxy) is 2. The predicted molar refractivity (Wildman–Crippen MR) is 216 cm³/mol. The monoisotopic (exact) mass is 761 g/mol. The van der Waals surface area contributed by atoms with Crippen LogP contribution in [0.5, 0.6) is 0 Å². The third kappa shape index (κ3) is 9.62. The molecule has 51 heavy (non-hydrogen) atoms. The number of aromatic nitrogens is 4. The van der Waals surface area contributed by atoms with E-state index in [1.165, 1.54) is 0 Å². The van der Waals surface area contributed by atoms with Crippen molar-refractivity contribution in [3.8, 4) is 32.8 Å². The van der Waals surface area contributed by atoms with Gasteiger partial charge in [-0.1, -0.05) is 81.7 Å². The lowest BCUT2D eigenvalue weighted by molar-refractivity contribution is 0.0943. The third-order valence-corrected chi connectivity index (χ3v) is 15.3. The second-order valence-electron chi connectivity index (χ2n) is 15.9. The van der Waals surface area contributed by atoms with E-state index in [4.69, 9.17) is 24.5 Å². The van der Waals surface area contributed by atoms with Gasteiger partial charge in [0.05, 0.1) is 34.7 Å².